The zero-order valence-corrected chi connectivity index (χ0v) is 20.5. The number of anilines is 1. The molecular formula is C25H31ClN4O3. The minimum absolute atomic E-state index is 0.289. The smallest absolute Gasteiger partial charge is 0.276 e. The number of nitrogens with one attached hydrogen (secondary N) is 2. The first-order valence-electron chi connectivity index (χ1n) is 10.9. The summed E-state index contributed by atoms with van der Waals surface area (Å²) in [5.74, 6) is 1.59. The zero-order chi connectivity index (χ0) is 24.0. The van der Waals surface area contributed by atoms with Crippen LogP contribution in [0.5, 0.6) is 11.5 Å². The van der Waals surface area contributed by atoms with Crippen molar-refractivity contribution in [2.24, 2.45) is 5.92 Å². The summed E-state index contributed by atoms with van der Waals surface area (Å²) in [5.41, 5.74) is 3.75. The molecule has 2 N–H and O–H groups in total. The van der Waals surface area contributed by atoms with Crippen LogP contribution in [0.15, 0.2) is 42.5 Å². The summed E-state index contributed by atoms with van der Waals surface area (Å²) in [4.78, 5) is 12.9. The lowest BCUT2D eigenvalue weighted by atomic mass is 10.1. The van der Waals surface area contributed by atoms with Gasteiger partial charge >= 0.3 is 0 Å². The van der Waals surface area contributed by atoms with Gasteiger partial charge in [-0.05, 0) is 50.2 Å². The number of aryl methyl sites for hydroxylation is 1. The molecule has 176 valence electrons. The highest BCUT2D eigenvalue weighted by molar-refractivity contribution is 6.30. The van der Waals surface area contributed by atoms with Gasteiger partial charge in [-0.15, -0.1) is 0 Å². The number of rotatable bonds is 10. The molecule has 3 aromatic rings. The predicted molar refractivity (Wildman–Crippen MR) is 132 cm³/mol. The van der Waals surface area contributed by atoms with Crippen molar-refractivity contribution in [1.29, 1.82) is 0 Å². The van der Waals surface area contributed by atoms with Crippen molar-refractivity contribution < 1.29 is 14.3 Å². The number of ether oxygens (including phenoxy) is 2. The van der Waals surface area contributed by atoms with E-state index in [4.69, 9.17) is 21.1 Å². The number of nitrogens with zero attached hydrogens (tertiary/aromatic N) is 2. The van der Waals surface area contributed by atoms with Gasteiger partial charge in [0.25, 0.3) is 5.91 Å². The van der Waals surface area contributed by atoms with E-state index in [1.54, 1.807) is 23.9 Å². The third-order valence-corrected chi connectivity index (χ3v) is 5.28. The highest BCUT2D eigenvalue weighted by Crippen LogP contribution is 2.26. The number of hydrogen-bond donors (Lipinski definition) is 2. The molecule has 0 saturated carbocycles. The van der Waals surface area contributed by atoms with E-state index in [1.807, 2.05) is 44.3 Å². The number of carbonyl (C=O) groups excluding carboxylic acids is 1. The van der Waals surface area contributed by atoms with Crippen LogP contribution < -0.4 is 20.1 Å². The van der Waals surface area contributed by atoms with Crippen LogP contribution in [0.1, 0.15) is 41.2 Å². The maximum Gasteiger partial charge on any atom is 0.276 e. The highest BCUT2D eigenvalue weighted by Gasteiger charge is 2.16. The number of halogens is 1. The Morgan fingerprint density at radius 1 is 1.12 bits per heavy atom. The first-order valence-corrected chi connectivity index (χ1v) is 11.3. The van der Waals surface area contributed by atoms with E-state index in [1.165, 1.54) is 0 Å². The second kappa shape index (κ2) is 11.2. The minimum Gasteiger partial charge on any atom is -0.496 e. The van der Waals surface area contributed by atoms with E-state index in [-0.39, 0.29) is 5.91 Å². The largest absolute Gasteiger partial charge is 0.496 e. The van der Waals surface area contributed by atoms with Crippen molar-refractivity contribution in [2.75, 3.05) is 26.1 Å². The number of aromatic nitrogens is 2. The summed E-state index contributed by atoms with van der Waals surface area (Å²) >= 11 is 6.22. The number of hydrogen-bond acceptors (Lipinski definition) is 5. The lowest BCUT2D eigenvalue weighted by Gasteiger charge is -2.14. The molecule has 1 amide bonds. The average molecular weight is 471 g/mol. The maximum absolute atomic E-state index is 12.9. The fourth-order valence-corrected chi connectivity index (χ4v) is 3.56. The van der Waals surface area contributed by atoms with Crippen LogP contribution in [0.4, 0.5) is 5.69 Å². The summed E-state index contributed by atoms with van der Waals surface area (Å²) < 4.78 is 13.2. The number of amides is 1. The van der Waals surface area contributed by atoms with E-state index in [0.29, 0.717) is 47.8 Å². The van der Waals surface area contributed by atoms with Crippen LogP contribution in [0.2, 0.25) is 5.02 Å². The number of benzene rings is 2. The van der Waals surface area contributed by atoms with Crippen molar-refractivity contribution in [3.8, 4) is 11.5 Å². The molecule has 2 aromatic carbocycles. The third-order valence-electron chi connectivity index (χ3n) is 5.04. The molecule has 3 rings (SSSR count). The van der Waals surface area contributed by atoms with Crippen LogP contribution in [-0.4, -0.2) is 36.5 Å². The summed E-state index contributed by atoms with van der Waals surface area (Å²) in [6.45, 7) is 7.84. The van der Waals surface area contributed by atoms with Gasteiger partial charge in [0.15, 0.2) is 5.69 Å². The first-order chi connectivity index (χ1) is 15.8. The molecule has 33 heavy (non-hydrogen) atoms. The quantitative estimate of drug-likeness (QED) is 0.440. The topological polar surface area (TPSA) is 77.4 Å². The summed E-state index contributed by atoms with van der Waals surface area (Å²) in [6.07, 6.45) is 0. The van der Waals surface area contributed by atoms with E-state index >= 15 is 0 Å². The molecule has 7 nitrogen and oxygen atoms in total. The molecule has 0 unspecified atom stereocenters. The second-order valence-corrected chi connectivity index (χ2v) is 8.73. The standard InChI is InChI=1S/C25H31ClN4O3/c1-16(2)15-33-23-9-7-20(26)11-19(23)14-30-17(3)10-22(29-30)25(31)28-21-8-6-18(13-27-4)24(12-21)32-5/h6-12,16,27H,13-15H2,1-5H3,(H,28,31). The van der Waals surface area contributed by atoms with Gasteiger partial charge in [0, 0.05) is 40.1 Å². The van der Waals surface area contributed by atoms with Gasteiger partial charge in [0.05, 0.1) is 20.3 Å². The molecule has 1 aromatic heterocycles. The Morgan fingerprint density at radius 3 is 2.61 bits per heavy atom. The first kappa shape index (κ1) is 24.6. The molecule has 8 heteroatoms. The molecule has 0 fully saturated rings. The normalized spacial score (nSPS) is 11.0. The Hall–Kier alpha value is -3.03. The van der Waals surface area contributed by atoms with Gasteiger partial charge in [-0.3, -0.25) is 9.48 Å². The fourth-order valence-electron chi connectivity index (χ4n) is 3.37. The van der Waals surface area contributed by atoms with Crippen molar-refractivity contribution >= 4 is 23.2 Å². The van der Waals surface area contributed by atoms with Crippen molar-refractivity contribution in [3.05, 3.63) is 70.0 Å². The lowest BCUT2D eigenvalue weighted by molar-refractivity contribution is 0.102. The Labute approximate surface area is 200 Å². The Morgan fingerprint density at radius 2 is 1.91 bits per heavy atom. The average Bonchev–Trinajstić information content (AvgIpc) is 3.14. The molecule has 0 bridgehead atoms. The molecule has 0 aliphatic rings. The Bertz CT molecular complexity index is 1110. The van der Waals surface area contributed by atoms with E-state index in [9.17, 15) is 4.79 Å². The van der Waals surface area contributed by atoms with Crippen LogP contribution in [0.25, 0.3) is 0 Å². The Kier molecular flexibility index (Phi) is 8.36. The van der Waals surface area contributed by atoms with Gasteiger partial charge in [-0.2, -0.15) is 5.10 Å². The van der Waals surface area contributed by atoms with Gasteiger partial charge in [0.2, 0.25) is 0 Å². The van der Waals surface area contributed by atoms with E-state index in [0.717, 1.165) is 22.6 Å². The molecular weight excluding hydrogens is 440 g/mol. The molecule has 0 aliphatic heterocycles. The molecule has 0 aliphatic carbocycles. The van der Waals surface area contributed by atoms with Crippen molar-refractivity contribution in [2.45, 2.75) is 33.9 Å². The highest BCUT2D eigenvalue weighted by atomic mass is 35.5. The zero-order valence-electron chi connectivity index (χ0n) is 19.7. The SMILES string of the molecule is CNCc1ccc(NC(=O)c2cc(C)n(Cc3cc(Cl)ccc3OCC(C)C)n2)cc1OC. The monoisotopic (exact) mass is 470 g/mol. The molecule has 0 spiro atoms. The van der Waals surface area contributed by atoms with Crippen LogP contribution in [0, 0.1) is 12.8 Å². The summed E-state index contributed by atoms with van der Waals surface area (Å²) in [6, 6.07) is 12.9. The Balaban J connectivity index is 1.77. The fraction of sp³-hybridized carbons (Fsp3) is 0.360. The van der Waals surface area contributed by atoms with E-state index in [2.05, 4.69) is 29.6 Å². The van der Waals surface area contributed by atoms with Crippen molar-refractivity contribution in [3.63, 3.8) is 0 Å². The van der Waals surface area contributed by atoms with Crippen LogP contribution >= 0.6 is 11.6 Å². The minimum atomic E-state index is -0.289. The van der Waals surface area contributed by atoms with Crippen LogP contribution in [0.3, 0.4) is 0 Å². The molecule has 0 atom stereocenters. The molecule has 0 radical (unpaired) electrons. The third kappa shape index (κ3) is 6.49. The maximum atomic E-state index is 12.9. The van der Waals surface area contributed by atoms with Gasteiger partial charge in [0.1, 0.15) is 11.5 Å². The second-order valence-electron chi connectivity index (χ2n) is 8.30. The van der Waals surface area contributed by atoms with Gasteiger partial charge in [-0.1, -0.05) is 31.5 Å². The van der Waals surface area contributed by atoms with Gasteiger partial charge < -0.3 is 20.1 Å². The summed E-state index contributed by atoms with van der Waals surface area (Å²) in [7, 11) is 3.48. The predicted octanol–water partition coefficient (Wildman–Crippen LogP) is 4.91. The number of carbonyl (C=O) groups is 1. The number of methoxy groups -OCH3 is 1. The van der Waals surface area contributed by atoms with E-state index < -0.39 is 0 Å². The summed E-state index contributed by atoms with van der Waals surface area (Å²) in [5, 5.41) is 11.1. The van der Waals surface area contributed by atoms with Gasteiger partial charge in [-0.25, -0.2) is 0 Å². The lowest BCUT2D eigenvalue weighted by Crippen LogP contribution is -2.14. The molecule has 1 heterocycles. The van der Waals surface area contributed by atoms with Crippen molar-refractivity contribution in [1.82, 2.24) is 15.1 Å². The molecule has 0 saturated heterocycles. The van der Waals surface area contributed by atoms with Crippen LogP contribution in [-0.2, 0) is 13.1 Å².